The second-order valence-corrected chi connectivity index (χ2v) is 10.3. The van der Waals surface area contributed by atoms with Crippen LogP contribution in [0.1, 0.15) is 45.3 Å². The number of rotatable bonds is 7. The number of carbonyl (C=O) groups is 1. The van der Waals surface area contributed by atoms with E-state index in [0.717, 1.165) is 62.6 Å². The first-order valence-electron chi connectivity index (χ1n) is 11.3. The smallest absolute Gasteiger partial charge is 0.282 e. The van der Waals surface area contributed by atoms with Crippen molar-refractivity contribution >= 4 is 28.8 Å². The molecule has 1 amide bonds. The number of hydrogen-bond acceptors (Lipinski definition) is 5. The van der Waals surface area contributed by atoms with Gasteiger partial charge in [0.25, 0.3) is 5.91 Å². The van der Waals surface area contributed by atoms with Crippen LogP contribution in [0.15, 0.2) is 36.8 Å². The number of nitrogens with zero attached hydrogens (tertiary/aromatic N) is 4. The first-order valence-corrected chi connectivity index (χ1v) is 12.5. The van der Waals surface area contributed by atoms with E-state index in [9.17, 15) is 9.18 Å². The van der Waals surface area contributed by atoms with Crippen molar-refractivity contribution in [1.29, 1.82) is 0 Å². The molecule has 174 valence electrons. The van der Waals surface area contributed by atoms with Gasteiger partial charge in [-0.2, -0.15) is 0 Å². The van der Waals surface area contributed by atoms with E-state index >= 15 is 0 Å². The Balaban J connectivity index is 1.14. The van der Waals surface area contributed by atoms with E-state index in [4.69, 9.17) is 16.3 Å². The highest BCUT2D eigenvalue weighted by atomic mass is 35.5. The zero-order valence-corrected chi connectivity index (χ0v) is 19.8. The van der Waals surface area contributed by atoms with Gasteiger partial charge >= 0.3 is 0 Å². The zero-order valence-electron chi connectivity index (χ0n) is 18.3. The van der Waals surface area contributed by atoms with E-state index < -0.39 is 0 Å². The van der Waals surface area contributed by atoms with E-state index in [1.807, 2.05) is 17.3 Å². The molecule has 1 aromatic carbocycles. The fourth-order valence-electron chi connectivity index (χ4n) is 4.42. The second kappa shape index (κ2) is 9.91. The molecule has 0 radical (unpaired) electrons. The lowest BCUT2D eigenvalue weighted by Gasteiger charge is -2.32. The predicted octanol–water partition coefficient (Wildman–Crippen LogP) is 4.61. The van der Waals surface area contributed by atoms with Crippen LogP contribution in [0.4, 0.5) is 4.39 Å². The molecular formula is C24H26ClFN4O2S. The number of ether oxygens (including phenoxy) is 1. The summed E-state index contributed by atoms with van der Waals surface area (Å²) in [6.45, 7) is 3.17. The van der Waals surface area contributed by atoms with Crippen molar-refractivity contribution in [3.8, 4) is 0 Å². The number of carbonyl (C=O) groups excluding carboxylic acids is 1. The van der Waals surface area contributed by atoms with Gasteiger partial charge in [-0.3, -0.25) is 4.79 Å². The van der Waals surface area contributed by atoms with Crippen molar-refractivity contribution in [1.82, 2.24) is 19.4 Å². The summed E-state index contributed by atoms with van der Waals surface area (Å²) in [6.07, 6.45) is 10.2. The largest absolute Gasteiger partial charge is 0.376 e. The van der Waals surface area contributed by atoms with Crippen LogP contribution in [0, 0.1) is 11.7 Å². The summed E-state index contributed by atoms with van der Waals surface area (Å²) in [5.41, 5.74) is 0.546. The summed E-state index contributed by atoms with van der Waals surface area (Å²) in [5, 5.41) is 0.838. The molecule has 0 bridgehead atoms. The Morgan fingerprint density at radius 3 is 2.79 bits per heavy atom. The summed E-state index contributed by atoms with van der Waals surface area (Å²) >= 11 is 7.16. The minimum atomic E-state index is -0.341. The van der Waals surface area contributed by atoms with Crippen LogP contribution in [0.3, 0.4) is 0 Å². The average molecular weight is 489 g/mol. The lowest BCUT2D eigenvalue weighted by molar-refractivity contribution is -0.0596. The van der Waals surface area contributed by atoms with E-state index in [1.165, 1.54) is 17.4 Å². The molecule has 3 aromatic rings. The maximum absolute atomic E-state index is 14.1. The Bertz CT molecular complexity index is 1120. The number of aromatic nitrogens is 3. The van der Waals surface area contributed by atoms with E-state index in [2.05, 4.69) is 14.5 Å². The molecule has 2 fully saturated rings. The van der Waals surface area contributed by atoms with E-state index in [1.54, 1.807) is 18.3 Å². The van der Waals surface area contributed by atoms with Gasteiger partial charge in [0.15, 0.2) is 5.01 Å². The molecule has 6 nitrogen and oxygen atoms in total. The lowest BCUT2D eigenvalue weighted by atomic mass is 9.93. The average Bonchev–Trinajstić information content (AvgIpc) is 3.42. The summed E-state index contributed by atoms with van der Waals surface area (Å²) in [5.74, 6) is 1.24. The van der Waals surface area contributed by atoms with Crippen LogP contribution in [-0.4, -0.2) is 51.1 Å². The number of likely N-dealkylation sites (tertiary alicyclic amines) is 1. The Labute approximate surface area is 201 Å². The molecule has 0 unspecified atom stereocenters. The Kier molecular flexibility index (Phi) is 6.76. The number of imidazole rings is 1. The number of hydrogen-bond donors (Lipinski definition) is 0. The van der Waals surface area contributed by atoms with Gasteiger partial charge in [-0.15, -0.1) is 11.3 Å². The first kappa shape index (κ1) is 22.5. The van der Waals surface area contributed by atoms with Crippen LogP contribution in [0.2, 0.25) is 5.02 Å². The van der Waals surface area contributed by atoms with Crippen molar-refractivity contribution in [3.05, 3.63) is 68.9 Å². The normalized spacial score (nSPS) is 19.0. The molecule has 0 saturated carbocycles. The maximum Gasteiger partial charge on any atom is 0.282 e. The van der Waals surface area contributed by atoms with Gasteiger partial charge in [0.05, 0.1) is 12.6 Å². The fraction of sp³-hybridized carbons (Fsp3) is 0.458. The molecule has 33 heavy (non-hydrogen) atoms. The molecule has 2 aromatic heterocycles. The van der Waals surface area contributed by atoms with Crippen molar-refractivity contribution < 1.29 is 13.9 Å². The van der Waals surface area contributed by atoms with Gasteiger partial charge in [-0.25, -0.2) is 14.4 Å². The summed E-state index contributed by atoms with van der Waals surface area (Å²) < 4.78 is 21.9. The molecule has 2 aliphatic rings. The molecule has 0 spiro atoms. The molecule has 0 N–H and O–H groups in total. The lowest BCUT2D eigenvalue weighted by Crippen LogP contribution is -2.39. The molecule has 0 aliphatic carbocycles. The van der Waals surface area contributed by atoms with Crippen molar-refractivity contribution in [2.24, 2.45) is 5.92 Å². The molecule has 9 heteroatoms. The Morgan fingerprint density at radius 1 is 1.24 bits per heavy atom. The molecule has 4 heterocycles. The Morgan fingerprint density at radius 2 is 2.06 bits per heavy atom. The van der Waals surface area contributed by atoms with Gasteiger partial charge in [-0.1, -0.05) is 17.7 Å². The molecule has 5 rings (SSSR count). The third-order valence-electron chi connectivity index (χ3n) is 6.48. The number of halogens is 2. The van der Waals surface area contributed by atoms with Crippen LogP contribution in [-0.2, 0) is 24.1 Å². The molecule has 2 saturated heterocycles. The number of thiazole rings is 1. The fourth-order valence-corrected chi connectivity index (χ4v) is 5.48. The number of benzene rings is 1. The maximum atomic E-state index is 14.1. The van der Waals surface area contributed by atoms with Crippen LogP contribution >= 0.6 is 22.9 Å². The minimum absolute atomic E-state index is 0.0371. The topological polar surface area (TPSA) is 60.2 Å². The highest BCUT2D eigenvalue weighted by molar-refractivity contribution is 7.13. The van der Waals surface area contributed by atoms with E-state index in [0.29, 0.717) is 34.0 Å². The Hall–Kier alpha value is -2.29. The highest BCUT2D eigenvalue weighted by Crippen LogP contribution is 2.26. The monoisotopic (exact) mass is 488 g/mol. The van der Waals surface area contributed by atoms with Crippen molar-refractivity contribution in [3.63, 3.8) is 0 Å². The molecular weight excluding hydrogens is 463 g/mol. The second-order valence-electron chi connectivity index (χ2n) is 8.76. The van der Waals surface area contributed by atoms with Crippen molar-refractivity contribution in [2.45, 2.75) is 44.8 Å². The highest BCUT2D eigenvalue weighted by Gasteiger charge is 2.27. The van der Waals surface area contributed by atoms with Gasteiger partial charge in [0.1, 0.15) is 11.6 Å². The van der Waals surface area contributed by atoms with E-state index in [-0.39, 0.29) is 11.7 Å². The van der Waals surface area contributed by atoms with Crippen LogP contribution < -0.4 is 0 Å². The summed E-state index contributed by atoms with van der Waals surface area (Å²) in [7, 11) is 0. The molecule has 2 aliphatic heterocycles. The first-order chi connectivity index (χ1) is 16.0. The predicted molar refractivity (Wildman–Crippen MR) is 125 cm³/mol. The SMILES string of the molecule is O=C(c1ncc(Cc2ccc(Cl)cc2F)s1)N1CCC(Cc2nccn2C[C@@H]2CCO2)CC1. The standard InChI is InChI=1S/C24H26ClFN4O2S/c25-18-2-1-17(21(26)13-18)12-20-14-28-23(33-20)24(31)29-7-3-16(4-8-29)11-22-27-6-9-30(22)15-19-5-10-32-19/h1-2,6,9,13-14,16,19H,3-5,7-8,10-12,15H2/t19-/m0/s1. The zero-order chi connectivity index (χ0) is 22.8. The quantitative estimate of drug-likeness (QED) is 0.487. The summed E-state index contributed by atoms with van der Waals surface area (Å²) in [6, 6.07) is 4.65. The van der Waals surface area contributed by atoms with Gasteiger partial charge in [0.2, 0.25) is 0 Å². The van der Waals surface area contributed by atoms with Crippen LogP contribution in [0.25, 0.3) is 0 Å². The van der Waals surface area contributed by atoms with Gasteiger partial charge in [-0.05, 0) is 42.9 Å². The number of piperidine rings is 1. The third kappa shape index (κ3) is 5.28. The third-order valence-corrected chi connectivity index (χ3v) is 7.71. The van der Waals surface area contributed by atoms with Crippen molar-refractivity contribution in [2.75, 3.05) is 19.7 Å². The minimum Gasteiger partial charge on any atom is -0.376 e. The number of amides is 1. The molecule has 1 atom stereocenters. The van der Waals surface area contributed by atoms with Gasteiger partial charge in [0, 0.05) is 61.0 Å². The van der Waals surface area contributed by atoms with Gasteiger partial charge < -0.3 is 14.2 Å². The van der Waals surface area contributed by atoms with Crippen LogP contribution in [0.5, 0.6) is 0 Å². The summed E-state index contributed by atoms with van der Waals surface area (Å²) in [4.78, 5) is 24.6.